The number of guanidine groups is 2. The van der Waals surface area contributed by atoms with Crippen LogP contribution < -0.4 is 11.5 Å². The molecule has 1 aromatic heterocycles. The summed E-state index contributed by atoms with van der Waals surface area (Å²) in [6.07, 6.45) is 17.2. The van der Waals surface area contributed by atoms with E-state index in [1.54, 1.807) is 18.7 Å². The Morgan fingerprint density at radius 2 is 1.46 bits per heavy atom. The van der Waals surface area contributed by atoms with Gasteiger partial charge in [-0.1, -0.05) is 51.4 Å². The average molecular weight is 503 g/mol. The standard InChI is InChI=1S/C24H42N10S/c1-21-22(32-20-31-21)17-35-16-15-34(24(28)30-19-26)14-12-10-8-6-4-3-5-7-9-11-13-33(2)23(27)29-18-25/h20H,3-17H2,1-2H3,(H2,27,29)(H2,28,30)(H,31,32). The molecule has 0 aliphatic carbocycles. The first-order valence-corrected chi connectivity index (χ1v) is 13.6. The van der Waals surface area contributed by atoms with E-state index in [1.165, 1.54) is 44.9 Å². The van der Waals surface area contributed by atoms with E-state index in [4.69, 9.17) is 22.0 Å². The molecular formula is C24H42N10S. The number of rotatable bonds is 18. The number of H-pyrrole nitrogens is 1. The summed E-state index contributed by atoms with van der Waals surface area (Å²) in [6, 6.07) is 0. The first-order valence-electron chi connectivity index (χ1n) is 12.5. The molecule has 5 N–H and O–H groups in total. The number of hydrogen-bond acceptors (Lipinski definition) is 6. The second kappa shape index (κ2) is 19.4. The third kappa shape index (κ3) is 14.2. The number of nitrogens with two attached hydrogens (primary N) is 2. The van der Waals surface area contributed by atoms with E-state index in [0.29, 0.717) is 5.96 Å². The number of unbranched alkanes of at least 4 members (excludes halogenated alkanes) is 9. The van der Waals surface area contributed by atoms with Crippen molar-refractivity contribution in [1.82, 2.24) is 19.8 Å². The van der Waals surface area contributed by atoms with Crippen LogP contribution in [0.25, 0.3) is 0 Å². The van der Waals surface area contributed by atoms with Gasteiger partial charge in [-0.2, -0.15) is 22.3 Å². The number of aromatic nitrogens is 2. The van der Waals surface area contributed by atoms with Crippen molar-refractivity contribution in [2.45, 2.75) is 76.9 Å². The Morgan fingerprint density at radius 1 is 0.914 bits per heavy atom. The van der Waals surface area contributed by atoms with Gasteiger partial charge in [0, 0.05) is 43.9 Å². The second-order valence-corrected chi connectivity index (χ2v) is 9.72. The highest BCUT2D eigenvalue weighted by molar-refractivity contribution is 7.98. The van der Waals surface area contributed by atoms with Crippen LogP contribution >= 0.6 is 11.8 Å². The van der Waals surface area contributed by atoms with E-state index < -0.39 is 0 Å². The summed E-state index contributed by atoms with van der Waals surface area (Å²) in [5.41, 5.74) is 13.9. The Bertz CT molecular complexity index is 836. The molecule has 0 radical (unpaired) electrons. The average Bonchev–Trinajstić information content (AvgIpc) is 3.25. The number of aliphatic imine (C=N–C) groups is 2. The van der Waals surface area contributed by atoms with Crippen molar-refractivity contribution in [2.75, 3.05) is 32.4 Å². The molecule has 0 saturated heterocycles. The SMILES string of the molecule is Cc1[nH]cnc1CSCCN(CCCCCCCCCCCCN(C)C(N)=NC#N)C(N)=NC#N. The summed E-state index contributed by atoms with van der Waals surface area (Å²) in [5, 5.41) is 17.4. The van der Waals surface area contributed by atoms with Crippen LogP contribution in [0.4, 0.5) is 0 Å². The summed E-state index contributed by atoms with van der Waals surface area (Å²) in [6.45, 7) is 4.47. The van der Waals surface area contributed by atoms with Crippen molar-refractivity contribution in [2.24, 2.45) is 21.5 Å². The second-order valence-electron chi connectivity index (χ2n) is 8.61. The number of thioether (sulfide) groups is 1. The third-order valence-electron chi connectivity index (χ3n) is 5.89. The van der Waals surface area contributed by atoms with Crippen LogP contribution in [-0.4, -0.2) is 64.1 Å². The zero-order valence-corrected chi connectivity index (χ0v) is 22.2. The van der Waals surface area contributed by atoms with Gasteiger partial charge in [-0.3, -0.25) is 0 Å². The van der Waals surface area contributed by atoms with Crippen molar-refractivity contribution in [3.63, 3.8) is 0 Å². The van der Waals surface area contributed by atoms with Crippen LogP contribution in [-0.2, 0) is 5.75 Å². The van der Waals surface area contributed by atoms with Crippen molar-refractivity contribution >= 4 is 23.7 Å². The van der Waals surface area contributed by atoms with Crippen LogP contribution in [0.5, 0.6) is 0 Å². The molecule has 0 bridgehead atoms. The molecule has 194 valence electrons. The first-order chi connectivity index (χ1) is 17.0. The van der Waals surface area contributed by atoms with Crippen LogP contribution in [0.2, 0.25) is 0 Å². The first kappa shape index (κ1) is 30.1. The Kier molecular flexibility index (Phi) is 16.7. The zero-order valence-electron chi connectivity index (χ0n) is 21.4. The lowest BCUT2D eigenvalue weighted by Crippen LogP contribution is -2.39. The molecule has 0 unspecified atom stereocenters. The minimum absolute atomic E-state index is 0.287. The maximum Gasteiger partial charge on any atom is 0.209 e. The Balaban J connectivity index is 2.07. The molecule has 0 saturated carbocycles. The molecule has 0 amide bonds. The summed E-state index contributed by atoms with van der Waals surface area (Å²) < 4.78 is 0. The number of nitrogens with one attached hydrogen (secondary N) is 1. The Labute approximate surface area is 214 Å². The van der Waals surface area contributed by atoms with E-state index in [9.17, 15) is 0 Å². The van der Waals surface area contributed by atoms with Gasteiger partial charge >= 0.3 is 0 Å². The molecule has 0 atom stereocenters. The van der Waals surface area contributed by atoms with Gasteiger partial charge in [0.15, 0.2) is 0 Å². The molecule has 0 aromatic carbocycles. The van der Waals surface area contributed by atoms with Gasteiger partial charge in [0.1, 0.15) is 0 Å². The normalized spacial score (nSPS) is 11.8. The monoisotopic (exact) mass is 502 g/mol. The van der Waals surface area contributed by atoms with Crippen LogP contribution in [0.3, 0.4) is 0 Å². The predicted octanol–water partition coefficient (Wildman–Crippen LogP) is 3.68. The van der Waals surface area contributed by atoms with Crippen molar-refractivity contribution in [3.8, 4) is 12.4 Å². The molecule has 0 aliphatic heterocycles. The van der Waals surface area contributed by atoms with E-state index in [2.05, 4.69) is 20.0 Å². The number of nitriles is 2. The van der Waals surface area contributed by atoms with E-state index in [0.717, 1.165) is 61.8 Å². The van der Waals surface area contributed by atoms with Crippen LogP contribution in [0.15, 0.2) is 16.3 Å². The van der Waals surface area contributed by atoms with Crippen LogP contribution in [0, 0.1) is 29.8 Å². The number of nitrogens with zero attached hydrogens (tertiary/aromatic N) is 7. The Morgan fingerprint density at radius 3 is 2.00 bits per heavy atom. The summed E-state index contributed by atoms with van der Waals surface area (Å²) in [5.74, 6) is 2.37. The van der Waals surface area contributed by atoms with Gasteiger partial charge in [0.05, 0.1) is 12.0 Å². The van der Waals surface area contributed by atoms with Gasteiger partial charge < -0.3 is 26.3 Å². The third-order valence-corrected chi connectivity index (χ3v) is 6.84. The summed E-state index contributed by atoms with van der Waals surface area (Å²) >= 11 is 1.81. The fourth-order valence-corrected chi connectivity index (χ4v) is 4.63. The van der Waals surface area contributed by atoms with E-state index >= 15 is 0 Å². The lowest BCUT2D eigenvalue weighted by molar-refractivity contribution is 0.415. The molecular weight excluding hydrogens is 460 g/mol. The lowest BCUT2D eigenvalue weighted by Gasteiger charge is -2.22. The molecule has 11 heteroatoms. The lowest BCUT2D eigenvalue weighted by atomic mass is 10.1. The summed E-state index contributed by atoms with van der Waals surface area (Å²) in [7, 11) is 1.86. The molecule has 0 spiro atoms. The molecule has 10 nitrogen and oxygen atoms in total. The maximum absolute atomic E-state index is 8.86. The molecule has 0 aliphatic rings. The van der Waals surface area contributed by atoms with Gasteiger partial charge in [-0.05, 0) is 19.8 Å². The van der Waals surface area contributed by atoms with Gasteiger partial charge in [-0.25, -0.2) is 4.98 Å². The molecule has 1 heterocycles. The van der Waals surface area contributed by atoms with Crippen molar-refractivity contribution < 1.29 is 0 Å². The fraction of sp³-hybridized carbons (Fsp3) is 0.708. The minimum atomic E-state index is 0.287. The predicted molar refractivity (Wildman–Crippen MR) is 144 cm³/mol. The van der Waals surface area contributed by atoms with Gasteiger partial charge in [0.2, 0.25) is 24.3 Å². The highest BCUT2D eigenvalue weighted by atomic mass is 32.2. The number of aromatic amines is 1. The summed E-state index contributed by atoms with van der Waals surface area (Å²) in [4.78, 5) is 18.5. The maximum atomic E-state index is 8.86. The number of aryl methyl sites for hydroxylation is 1. The molecule has 1 aromatic rings. The Hall–Kier alpha value is -2.92. The smallest absolute Gasteiger partial charge is 0.209 e. The number of hydrogen-bond donors (Lipinski definition) is 3. The highest BCUT2D eigenvalue weighted by Crippen LogP contribution is 2.14. The van der Waals surface area contributed by atoms with Gasteiger partial charge in [-0.15, -0.1) is 9.98 Å². The van der Waals surface area contributed by atoms with Crippen LogP contribution in [0.1, 0.15) is 75.6 Å². The van der Waals surface area contributed by atoms with Crippen molar-refractivity contribution in [3.05, 3.63) is 17.7 Å². The largest absolute Gasteiger partial charge is 0.369 e. The van der Waals surface area contributed by atoms with Crippen molar-refractivity contribution in [1.29, 1.82) is 10.5 Å². The van der Waals surface area contributed by atoms with Gasteiger partial charge in [0.25, 0.3) is 0 Å². The molecule has 35 heavy (non-hydrogen) atoms. The molecule has 1 rings (SSSR count). The van der Waals surface area contributed by atoms with E-state index in [-0.39, 0.29) is 5.96 Å². The topological polar surface area (TPSA) is 160 Å². The highest BCUT2D eigenvalue weighted by Gasteiger charge is 2.09. The van der Waals surface area contributed by atoms with E-state index in [1.807, 2.05) is 35.5 Å². The fourth-order valence-electron chi connectivity index (χ4n) is 3.66. The number of imidazole rings is 1. The zero-order chi connectivity index (χ0) is 25.7. The molecule has 0 fully saturated rings. The minimum Gasteiger partial charge on any atom is -0.369 e. The quantitative estimate of drug-likeness (QED) is 0.119.